The fourth-order valence-corrected chi connectivity index (χ4v) is 2.69. The van der Waals surface area contributed by atoms with Gasteiger partial charge in [0.25, 0.3) is 0 Å². The molecule has 0 aliphatic rings. The van der Waals surface area contributed by atoms with E-state index in [1.165, 1.54) is 0 Å². The van der Waals surface area contributed by atoms with Gasteiger partial charge in [0.1, 0.15) is 11.5 Å². The molecule has 0 unspecified atom stereocenters. The van der Waals surface area contributed by atoms with Gasteiger partial charge in [-0.1, -0.05) is 24.3 Å². The van der Waals surface area contributed by atoms with Crippen molar-refractivity contribution in [3.8, 4) is 11.5 Å². The molecule has 0 N–H and O–H groups in total. The summed E-state index contributed by atoms with van der Waals surface area (Å²) in [7, 11) is 3.30. The zero-order chi connectivity index (χ0) is 17.4. The van der Waals surface area contributed by atoms with Crippen molar-refractivity contribution in [3.05, 3.63) is 59.7 Å². The van der Waals surface area contributed by atoms with Gasteiger partial charge in [0.15, 0.2) is 0 Å². The van der Waals surface area contributed by atoms with Gasteiger partial charge in [-0.3, -0.25) is 4.79 Å². The summed E-state index contributed by atoms with van der Waals surface area (Å²) in [6.07, 6.45) is 1.08. The number of carbonyl (C=O) groups excluding carboxylic acids is 1. The van der Waals surface area contributed by atoms with Crippen molar-refractivity contribution >= 4 is 5.97 Å². The maximum atomic E-state index is 11.7. The SMILES string of the molecule is CCOC(=O)CCC(c1ccc(OC)cc1)c1ccc(OC)cc1. The molecule has 0 aliphatic heterocycles. The van der Waals surface area contributed by atoms with Gasteiger partial charge in [0.2, 0.25) is 0 Å². The first-order chi connectivity index (χ1) is 11.7. The normalized spacial score (nSPS) is 10.5. The summed E-state index contributed by atoms with van der Waals surface area (Å²) in [5.41, 5.74) is 2.29. The van der Waals surface area contributed by atoms with Gasteiger partial charge < -0.3 is 14.2 Å². The largest absolute Gasteiger partial charge is 0.497 e. The highest BCUT2D eigenvalue weighted by molar-refractivity contribution is 5.69. The van der Waals surface area contributed by atoms with Gasteiger partial charge in [-0.05, 0) is 48.7 Å². The van der Waals surface area contributed by atoms with Crippen molar-refractivity contribution in [3.63, 3.8) is 0 Å². The number of hydrogen-bond acceptors (Lipinski definition) is 4. The molecule has 2 aromatic rings. The van der Waals surface area contributed by atoms with Gasteiger partial charge in [0.05, 0.1) is 20.8 Å². The highest BCUT2D eigenvalue weighted by atomic mass is 16.5. The molecular formula is C20H24O4. The second-order valence-corrected chi connectivity index (χ2v) is 5.44. The summed E-state index contributed by atoms with van der Waals surface area (Å²) >= 11 is 0. The second kappa shape index (κ2) is 8.96. The molecule has 2 rings (SSSR count). The predicted octanol–water partition coefficient (Wildman–Crippen LogP) is 4.18. The Kier molecular flexibility index (Phi) is 6.67. The average Bonchev–Trinajstić information content (AvgIpc) is 2.63. The Morgan fingerprint density at radius 3 is 1.71 bits per heavy atom. The lowest BCUT2D eigenvalue weighted by Crippen LogP contribution is -2.08. The molecule has 0 radical (unpaired) electrons. The van der Waals surface area contributed by atoms with E-state index in [1.807, 2.05) is 55.5 Å². The van der Waals surface area contributed by atoms with Crippen LogP contribution in [0.25, 0.3) is 0 Å². The van der Waals surface area contributed by atoms with E-state index in [9.17, 15) is 4.79 Å². The quantitative estimate of drug-likeness (QED) is 0.682. The molecule has 4 nitrogen and oxygen atoms in total. The van der Waals surface area contributed by atoms with Crippen LogP contribution in [0.2, 0.25) is 0 Å². The van der Waals surface area contributed by atoms with Gasteiger partial charge in [0, 0.05) is 12.3 Å². The number of esters is 1. The first-order valence-corrected chi connectivity index (χ1v) is 8.11. The fraction of sp³-hybridized carbons (Fsp3) is 0.350. The molecule has 4 heteroatoms. The van der Waals surface area contributed by atoms with E-state index in [4.69, 9.17) is 14.2 Å². The van der Waals surface area contributed by atoms with Crippen LogP contribution in [-0.4, -0.2) is 26.8 Å². The fourth-order valence-electron chi connectivity index (χ4n) is 2.69. The number of methoxy groups -OCH3 is 2. The topological polar surface area (TPSA) is 44.8 Å². The molecule has 0 saturated heterocycles. The highest BCUT2D eigenvalue weighted by Crippen LogP contribution is 2.31. The summed E-state index contributed by atoms with van der Waals surface area (Å²) in [5, 5.41) is 0. The first-order valence-electron chi connectivity index (χ1n) is 8.11. The molecule has 24 heavy (non-hydrogen) atoms. The minimum atomic E-state index is -0.162. The Hall–Kier alpha value is -2.49. The second-order valence-electron chi connectivity index (χ2n) is 5.44. The van der Waals surface area contributed by atoms with Crippen molar-refractivity contribution in [2.45, 2.75) is 25.7 Å². The van der Waals surface area contributed by atoms with E-state index in [-0.39, 0.29) is 11.9 Å². The van der Waals surface area contributed by atoms with E-state index < -0.39 is 0 Å². The van der Waals surface area contributed by atoms with Crippen molar-refractivity contribution in [2.75, 3.05) is 20.8 Å². The molecule has 0 amide bonds. The van der Waals surface area contributed by atoms with Crippen LogP contribution in [0, 0.1) is 0 Å². The molecule has 0 spiro atoms. The Balaban J connectivity index is 2.23. The van der Waals surface area contributed by atoms with Gasteiger partial charge in [-0.2, -0.15) is 0 Å². The summed E-state index contributed by atoms with van der Waals surface area (Å²) in [6, 6.07) is 15.9. The van der Waals surface area contributed by atoms with Gasteiger partial charge >= 0.3 is 5.97 Å². The number of ether oxygens (including phenoxy) is 3. The third kappa shape index (κ3) is 4.75. The maximum Gasteiger partial charge on any atom is 0.305 e. The van der Waals surface area contributed by atoms with E-state index in [0.717, 1.165) is 22.6 Å². The van der Waals surface area contributed by atoms with Crippen LogP contribution in [0.5, 0.6) is 11.5 Å². The standard InChI is InChI=1S/C20H24O4/c1-4-24-20(21)14-13-19(15-5-9-17(22-2)10-6-15)16-7-11-18(23-3)12-8-16/h5-12,19H,4,13-14H2,1-3H3. The third-order valence-corrected chi connectivity index (χ3v) is 3.98. The van der Waals surface area contributed by atoms with Crippen LogP contribution >= 0.6 is 0 Å². The van der Waals surface area contributed by atoms with Crippen LogP contribution < -0.4 is 9.47 Å². The van der Waals surface area contributed by atoms with Gasteiger partial charge in [-0.25, -0.2) is 0 Å². The smallest absolute Gasteiger partial charge is 0.305 e. The average molecular weight is 328 g/mol. The minimum Gasteiger partial charge on any atom is -0.497 e. The van der Waals surface area contributed by atoms with E-state index >= 15 is 0 Å². The van der Waals surface area contributed by atoms with Crippen molar-refractivity contribution in [1.82, 2.24) is 0 Å². The molecule has 0 saturated carbocycles. The molecule has 2 aromatic carbocycles. The predicted molar refractivity (Wildman–Crippen MR) is 93.7 cm³/mol. The molecule has 0 bridgehead atoms. The zero-order valence-electron chi connectivity index (χ0n) is 14.5. The van der Waals surface area contributed by atoms with E-state index in [2.05, 4.69) is 0 Å². The van der Waals surface area contributed by atoms with Crippen molar-refractivity contribution in [2.24, 2.45) is 0 Å². The third-order valence-electron chi connectivity index (χ3n) is 3.98. The van der Waals surface area contributed by atoms with Crippen LogP contribution in [-0.2, 0) is 9.53 Å². The summed E-state index contributed by atoms with van der Waals surface area (Å²) in [4.78, 5) is 11.7. The molecule has 0 heterocycles. The molecule has 0 atom stereocenters. The lowest BCUT2D eigenvalue weighted by Gasteiger charge is -2.18. The molecule has 0 aliphatic carbocycles. The van der Waals surface area contributed by atoms with Crippen LogP contribution in [0.3, 0.4) is 0 Å². The highest BCUT2D eigenvalue weighted by Gasteiger charge is 2.17. The number of hydrogen-bond donors (Lipinski definition) is 0. The molecule has 0 fully saturated rings. The Morgan fingerprint density at radius 2 is 1.33 bits per heavy atom. The molecular weight excluding hydrogens is 304 g/mol. The Labute approximate surface area is 143 Å². The van der Waals surface area contributed by atoms with Crippen molar-refractivity contribution in [1.29, 1.82) is 0 Å². The van der Waals surface area contributed by atoms with E-state index in [1.54, 1.807) is 14.2 Å². The maximum absolute atomic E-state index is 11.7. The Morgan fingerprint density at radius 1 is 0.875 bits per heavy atom. The summed E-state index contributed by atoms with van der Waals surface area (Å²) < 4.78 is 15.5. The number of carbonyl (C=O) groups is 1. The van der Waals surface area contributed by atoms with Crippen molar-refractivity contribution < 1.29 is 19.0 Å². The lowest BCUT2D eigenvalue weighted by molar-refractivity contribution is -0.143. The number of rotatable bonds is 8. The summed E-state index contributed by atoms with van der Waals surface area (Å²) in [5.74, 6) is 1.59. The Bertz CT molecular complexity index is 584. The van der Waals surface area contributed by atoms with Crippen LogP contribution in [0.15, 0.2) is 48.5 Å². The van der Waals surface area contributed by atoms with Crippen LogP contribution in [0.4, 0.5) is 0 Å². The van der Waals surface area contributed by atoms with Crippen LogP contribution in [0.1, 0.15) is 36.8 Å². The number of benzene rings is 2. The molecule has 128 valence electrons. The van der Waals surface area contributed by atoms with E-state index in [0.29, 0.717) is 19.4 Å². The molecule has 0 aromatic heterocycles. The lowest BCUT2D eigenvalue weighted by atomic mass is 9.87. The monoisotopic (exact) mass is 328 g/mol. The summed E-state index contributed by atoms with van der Waals surface area (Å²) in [6.45, 7) is 2.23. The zero-order valence-corrected chi connectivity index (χ0v) is 14.5. The van der Waals surface area contributed by atoms with Gasteiger partial charge in [-0.15, -0.1) is 0 Å². The first kappa shape index (κ1) is 17.9. The minimum absolute atomic E-state index is 0.117.